The maximum atomic E-state index is 13.2. The van der Waals surface area contributed by atoms with Crippen molar-refractivity contribution in [1.82, 2.24) is 0 Å². The molecule has 6 heteroatoms. The summed E-state index contributed by atoms with van der Waals surface area (Å²) in [5.74, 6) is -0.722. The van der Waals surface area contributed by atoms with Gasteiger partial charge in [0, 0.05) is 12.6 Å². The van der Waals surface area contributed by atoms with Gasteiger partial charge in [-0.15, -0.1) is 0 Å². The summed E-state index contributed by atoms with van der Waals surface area (Å²) in [5.41, 5.74) is 5.82. The Labute approximate surface area is 91.7 Å². The number of hydrogen-bond donors (Lipinski definition) is 3. The molecule has 1 rings (SSSR count). The zero-order chi connectivity index (χ0) is 11.4. The smallest absolute Gasteiger partial charge is 0.221 e. The number of nitrogens with one attached hydrogen (secondary N) is 2. The molecular weight excluding hydrogens is 217 g/mol. The molecule has 4 nitrogen and oxygen atoms in total. The van der Waals surface area contributed by atoms with Crippen molar-refractivity contribution in [1.29, 1.82) is 0 Å². The van der Waals surface area contributed by atoms with Crippen LogP contribution in [-0.4, -0.2) is 11.0 Å². The highest BCUT2D eigenvalue weighted by Gasteiger charge is 2.04. The van der Waals surface area contributed by atoms with E-state index < -0.39 is 5.82 Å². The van der Waals surface area contributed by atoms with Gasteiger partial charge in [0.2, 0.25) is 5.91 Å². The molecule has 1 aromatic carbocycles. The first-order chi connectivity index (χ1) is 6.99. The quantitative estimate of drug-likeness (QED) is 0.669. The summed E-state index contributed by atoms with van der Waals surface area (Å²) in [7, 11) is 0. The van der Waals surface area contributed by atoms with Crippen molar-refractivity contribution < 1.29 is 9.18 Å². The highest BCUT2D eigenvalue weighted by atomic mass is 32.1. The van der Waals surface area contributed by atoms with Gasteiger partial charge in [-0.05, 0) is 30.4 Å². The molecule has 0 aliphatic heterocycles. The van der Waals surface area contributed by atoms with Gasteiger partial charge in [-0.1, -0.05) is 0 Å². The van der Waals surface area contributed by atoms with E-state index in [9.17, 15) is 9.18 Å². The Balaban J connectivity index is 2.94. The Morgan fingerprint density at radius 2 is 2.13 bits per heavy atom. The Bertz CT molecular complexity index is 408. The molecule has 0 saturated heterocycles. The minimum Gasteiger partial charge on any atom is -0.376 e. The third-order valence-electron chi connectivity index (χ3n) is 1.54. The molecule has 0 bridgehead atoms. The Morgan fingerprint density at radius 1 is 1.47 bits per heavy atom. The number of amides is 1. The lowest BCUT2D eigenvalue weighted by atomic mass is 10.2. The first kappa shape index (κ1) is 11.4. The molecule has 4 N–H and O–H groups in total. The van der Waals surface area contributed by atoms with Gasteiger partial charge in [0.05, 0.1) is 5.69 Å². The molecule has 15 heavy (non-hydrogen) atoms. The number of rotatable bonds is 2. The van der Waals surface area contributed by atoms with Crippen molar-refractivity contribution >= 4 is 34.6 Å². The molecule has 0 atom stereocenters. The predicted octanol–water partition coefficient (Wildman–Crippen LogP) is 1.44. The number of carbonyl (C=O) groups is 1. The summed E-state index contributed by atoms with van der Waals surface area (Å²) < 4.78 is 13.2. The van der Waals surface area contributed by atoms with Crippen LogP contribution in [0, 0.1) is 5.82 Å². The SMILES string of the molecule is CC(=O)Nc1ccc(F)c(NC(N)=S)c1. The van der Waals surface area contributed by atoms with E-state index in [2.05, 4.69) is 22.9 Å². The van der Waals surface area contributed by atoms with Gasteiger partial charge in [0.1, 0.15) is 5.82 Å². The molecule has 1 aromatic rings. The van der Waals surface area contributed by atoms with Crippen LogP contribution in [0.5, 0.6) is 0 Å². The normalized spacial score (nSPS) is 9.47. The molecule has 0 saturated carbocycles. The van der Waals surface area contributed by atoms with E-state index in [1.165, 1.54) is 25.1 Å². The summed E-state index contributed by atoms with van der Waals surface area (Å²) in [6.45, 7) is 1.37. The number of hydrogen-bond acceptors (Lipinski definition) is 2. The van der Waals surface area contributed by atoms with Crippen molar-refractivity contribution in [2.75, 3.05) is 10.6 Å². The van der Waals surface area contributed by atoms with Crippen molar-refractivity contribution in [2.45, 2.75) is 6.92 Å². The lowest BCUT2D eigenvalue weighted by molar-refractivity contribution is -0.114. The Hall–Kier alpha value is -1.69. The van der Waals surface area contributed by atoms with Crippen LogP contribution in [0.3, 0.4) is 0 Å². The van der Waals surface area contributed by atoms with E-state index in [-0.39, 0.29) is 16.7 Å². The summed E-state index contributed by atoms with van der Waals surface area (Å²) in [6, 6.07) is 4.07. The largest absolute Gasteiger partial charge is 0.376 e. The van der Waals surface area contributed by atoms with Crippen molar-refractivity contribution in [3.8, 4) is 0 Å². The van der Waals surface area contributed by atoms with Crippen molar-refractivity contribution in [2.24, 2.45) is 5.73 Å². The second-order valence-electron chi connectivity index (χ2n) is 2.87. The van der Waals surface area contributed by atoms with Crippen molar-refractivity contribution in [3.63, 3.8) is 0 Å². The van der Waals surface area contributed by atoms with E-state index in [0.717, 1.165) is 0 Å². The monoisotopic (exact) mass is 227 g/mol. The van der Waals surface area contributed by atoms with E-state index in [1.54, 1.807) is 0 Å². The lowest BCUT2D eigenvalue weighted by Gasteiger charge is -2.08. The standard InChI is InChI=1S/C9H10FN3OS/c1-5(14)12-6-2-3-7(10)8(4-6)13-9(11)15/h2-4H,1H3,(H,12,14)(H3,11,13,15). The summed E-state index contributed by atoms with van der Waals surface area (Å²) in [4.78, 5) is 10.8. The number of thiocarbonyl (C=S) groups is 1. The summed E-state index contributed by atoms with van der Waals surface area (Å²) in [5, 5.41) is 4.95. The van der Waals surface area contributed by atoms with Gasteiger partial charge in [-0.2, -0.15) is 0 Å². The fourth-order valence-corrected chi connectivity index (χ4v) is 1.14. The fraction of sp³-hybridized carbons (Fsp3) is 0.111. The maximum absolute atomic E-state index is 13.2. The fourth-order valence-electron chi connectivity index (χ4n) is 1.03. The van der Waals surface area contributed by atoms with Crippen LogP contribution >= 0.6 is 12.2 Å². The van der Waals surface area contributed by atoms with Gasteiger partial charge in [0.25, 0.3) is 0 Å². The molecule has 0 fully saturated rings. The van der Waals surface area contributed by atoms with Crippen LogP contribution in [0.1, 0.15) is 6.92 Å². The average molecular weight is 227 g/mol. The third kappa shape index (κ3) is 3.51. The minimum atomic E-state index is -0.489. The topological polar surface area (TPSA) is 67.2 Å². The van der Waals surface area contributed by atoms with Crippen LogP contribution in [0.15, 0.2) is 18.2 Å². The first-order valence-corrected chi connectivity index (χ1v) is 4.53. The second kappa shape index (κ2) is 4.70. The summed E-state index contributed by atoms with van der Waals surface area (Å²) in [6.07, 6.45) is 0. The zero-order valence-corrected chi connectivity index (χ0v) is 8.82. The third-order valence-corrected chi connectivity index (χ3v) is 1.65. The first-order valence-electron chi connectivity index (χ1n) is 4.12. The Kier molecular flexibility index (Phi) is 3.56. The molecular formula is C9H10FN3OS. The molecule has 0 aliphatic carbocycles. The molecule has 0 spiro atoms. The molecule has 0 aromatic heterocycles. The minimum absolute atomic E-state index is 0.0334. The van der Waals surface area contributed by atoms with Crippen LogP contribution in [0.4, 0.5) is 15.8 Å². The van der Waals surface area contributed by atoms with E-state index in [1.807, 2.05) is 0 Å². The van der Waals surface area contributed by atoms with Crippen LogP contribution in [-0.2, 0) is 4.79 Å². The van der Waals surface area contributed by atoms with Gasteiger partial charge >= 0.3 is 0 Å². The second-order valence-corrected chi connectivity index (χ2v) is 3.30. The molecule has 0 radical (unpaired) electrons. The van der Waals surface area contributed by atoms with Crippen molar-refractivity contribution in [3.05, 3.63) is 24.0 Å². The Morgan fingerprint density at radius 3 is 2.67 bits per heavy atom. The van der Waals surface area contributed by atoms with Crippen LogP contribution in [0.2, 0.25) is 0 Å². The number of anilines is 2. The highest BCUT2D eigenvalue weighted by Crippen LogP contribution is 2.19. The molecule has 0 heterocycles. The number of halogens is 1. The van der Waals surface area contributed by atoms with Gasteiger partial charge in [-0.25, -0.2) is 4.39 Å². The van der Waals surface area contributed by atoms with Gasteiger partial charge < -0.3 is 16.4 Å². The van der Waals surface area contributed by atoms with Crippen LogP contribution in [0.25, 0.3) is 0 Å². The maximum Gasteiger partial charge on any atom is 0.221 e. The highest BCUT2D eigenvalue weighted by molar-refractivity contribution is 7.80. The summed E-state index contributed by atoms with van der Waals surface area (Å²) >= 11 is 4.58. The van der Waals surface area contributed by atoms with Gasteiger partial charge in [0.15, 0.2) is 5.11 Å². The molecule has 0 unspecified atom stereocenters. The molecule has 0 aliphatic rings. The van der Waals surface area contributed by atoms with Gasteiger partial charge in [-0.3, -0.25) is 4.79 Å². The average Bonchev–Trinajstić information content (AvgIpc) is 2.09. The molecule has 80 valence electrons. The lowest BCUT2D eigenvalue weighted by Crippen LogP contribution is -2.19. The number of benzene rings is 1. The zero-order valence-electron chi connectivity index (χ0n) is 8.00. The van der Waals surface area contributed by atoms with E-state index in [4.69, 9.17) is 5.73 Å². The number of nitrogens with two attached hydrogens (primary N) is 1. The predicted molar refractivity (Wildman–Crippen MR) is 61.1 cm³/mol. The van der Waals surface area contributed by atoms with Crippen LogP contribution < -0.4 is 16.4 Å². The van der Waals surface area contributed by atoms with E-state index >= 15 is 0 Å². The molecule has 1 amide bonds. The van der Waals surface area contributed by atoms with E-state index in [0.29, 0.717) is 5.69 Å². The number of carbonyl (C=O) groups excluding carboxylic acids is 1.